The molecule has 2 N–H and O–H groups in total. The lowest BCUT2D eigenvalue weighted by molar-refractivity contribution is -0.169. The maximum atomic E-state index is 12.9. The van der Waals surface area contributed by atoms with E-state index in [0.29, 0.717) is 49.4 Å². The number of aliphatic hydroxyl groups is 1. The molecule has 2 bridgehead atoms. The smallest absolute Gasteiger partial charge is 0.310 e. The van der Waals surface area contributed by atoms with E-state index in [-0.39, 0.29) is 36.5 Å². The first kappa shape index (κ1) is 27.6. The Morgan fingerprint density at radius 2 is 2.03 bits per heavy atom. The van der Waals surface area contributed by atoms with Gasteiger partial charge >= 0.3 is 5.97 Å². The molecule has 1 saturated heterocycles. The molecule has 0 radical (unpaired) electrons. The van der Waals surface area contributed by atoms with Crippen LogP contribution in [-0.4, -0.2) is 72.2 Å². The maximum absolute atomic E-state index is 12.9. The summed E-state index contributed by atoms with van der Waals surface area (Å²) in [6, 6.07) is 3.38. The van der Waals surface area contributed by atoms with Crippen LogP contribution in [0.25, 0.3) is 0 Å². The first-order valence-electron chi connectivity index (χ1n) is 14.0. The average molecular weight is 541 g/mol. The number of rotatable bonds is 10. The van der Waals surface area contributed by atoms with Crippen LogP contribution in [0, 0.1) is 5.92 Å². The minimum atomic E-state index is -1.06. The fraction of sp³-hybridized carbons (Fsp3) is 0.633. The summed E-state index contributed by atoms with van der Waals surface area (Å²) in [6.07, 6.45) is 3.95. The van der Waals surface area contributed by atoms with Gasteiger partial charge in [-0.15, -0.1) is 0 Å². The number of likely N-dealkylation sites (tertiary alicyclic amines) is 1. The van der Waals surface area contributed by atoms with Crippen molar-refractivity contribution in [2.24, 2.45) is 5.92 Å². The molecular formula is C30H40N2O7. The Hall–Kier alpha value is -2.91. The molecule has 1 fully saturated rings. The Labute approximate surface area is 229 Å². The summed E-state index contributed by atoms with van der Waals surface area (Å²) in [4.78, 5) is 39.4. The Morgan fingerprint density at radius 3 is 2.72 bits per heavy atom. The Balaban J connectivity index is 1.29. The molecule has 2 heterocycles. The monoisotopic (exact) mass is 540 g/mol. The summed E-state index contributed by atoms with van der Waals surface area (Å²) in [7, 11) is 3.65. The highest BCUT2D eigenvalue weighted by atomic mass is 16.6. The molecule has 212 valence electrons. The van der Waals surface area contributed by atoms with Crippen LogP contribution in [0.5, 0.6) is 11.5 Å². The van der Waals surface area contributed by atoms with E-state index in [1.165, 1.54) is 6.92 Å². The fourth-order valence-corrected chi connectivity index (χ4v) is 7.23. The number of esters is 1. The lowest BCUT2D eigenvalue weighted by Gasteiger charge is -2.61. The molecule has 1 spiro atoms. The first-order chi connectivity index (χ1) is 18.5. The largest absolute Gasteiger partial charge is 0.493 e. The molecule has 2 aliphatic carbocycles. The molecular weight excluding hydrogens is 500 g/mol. The second kappa shape index (κ2) is 10.2. The molecule has 1 amide bonds. The Kier molecular flexibility index (Phi) is 7.26. The van der Waals surface area contributed by atoms with E-state index >= 15 is 0 Å². The minimum Gasteiger partial charge on any atom is -0.493 e. The van der Waals surface area contributed by atoms with E-state index in [9.17, 15) is 19.5 Å². The van der Waals surface area contributed by atoms with E-state index in [4.69, 9.17) is 14.2 Å². The third-order valence-corrected chi connectivity index (χ3v) is 9.11. The van der Waals surface area contributed by atoms with Crippen LogP contribution in [0.2, 0.25) is 0 Å². The van der Waals surface area contributed by atoms with E-state index in [2.05, 4.69) is 16.3 Å². The molecule has 4 aliphatic rings. The number of ether oxygens (including phenoxy) is 3. The number of carbonyl (C=O) groups excluding carboxylic acids is 3. The van der Waals surface area contributed by atoms with Crippen molar-refractivity contribution in [3.63, 3.8) is 0 Å². The van der Waals surface area contributed by atoms with Gasteiger partial charge in [-0.1, -0.05) is 19.9 Å². The molecule has 1 aromatic rings. The van der Waals surface area contributed by atoms with E-state index in [1.807, 2.05) is 27.0 Å². The normalized spacial score (nSPS) is 29.2. The number of carbonyl (C=O) groups is 3. The molecule has 2 aliphatic heterocycles. The van der Waals surface area contributed by atoms with E-state index in [0.717, 1.165) is 17.7 Å². The van der Waals surface area contributed by atoms with Gasteiger partial charge in [0.2, 0.25) is 5.91 Å². The van der Waals surface area contributed by atoms with Crippen LogP contribution in [0.1, 0.15) is 70.4 Å². The molecule has 5 rings (SSSR count). The Morgan fingerprint density at radius 1 is 1.26 bits per heavy atom. The quantitative estimate of drug-likeness (QED) is 0.436. The number of hydrogen-bond acceptors (Lipinski definition) is 8. The van der Waals surface area contributed by atoms with Crippen molar-refractivity contribution < 1.29 is 33.7 Å². The van der Waals surface area contributed by atoms with Gasteiger partial charge in [0.15, 0.2) is 23.4 Å². The summed E-state index contributed by atoms with van der Waals surface area (Å²) in [5.41, 5.74) is 0.323. The van der Waals surface area contributed by atoms with Gasteiger partial charge in [0, 0.05) is 30.9 Å². The third kappa shape index (κ3) is 4.43. The summed E-state index contributed by atoms with van der Waals surface area (Å²) in [5, 5.41) is 15.0. The van der Waals surface area contributed by atoms with Crippen LogP contribution >= 0.6 is 0 Å². The third-order valence-electron chi connectivity index (χ3n) is 9.11. The molecule has 5 atom stereocenters. The maximum Gasteiger partial charge on any atom is 0.310 e. The van der Waals surface area contributed by atoms with Gasteiger partial charge < -0.3 is 29.5 Å². The predicted molar refractivity (Wildman–Crippen MR) is 143 cm³/mol. The summed E-state index contributed by atoms with van der Waals surface area (Å²) < 4.78 is 18.0. The molecule has 0 aromatic heterocycles. The Bertz CT molecular complexity index is 1210. The summed E-state index contributed by atoms with van der Waals surface area (Å²) >= 11 is 0. The predicted octanol–water partition coefficient (Wildman–Crippen LogP) is 2.81. The number of amides is 1. The van der Waals surface area contributed by atoms with Crippen molar-refractivity contribution >= 4 is 17.7 Å². The van der Waals surface area contributed by atoms with Crippen molar-refractivity contribution in [1.82, 2.24) is 10.2 Å². The second-order valence-electron chi connectivity index (χ2n) is 12.0. The van der Waals surface area contributed by atoms with Crippen molar-refractivity contribution in [2.75, 3.05) is 20.7 Å². The van der Waals surface area contributed by atoms with Gasteiger partial charge in [0.1, 0.15) is 5.76 Å². The summed E-state index contributed by atoms with van der Waals surface area (Å²) in [5.74, 6) is 1.15. The van der Waals surface area contributed by atoms with Gasteiger partial charge in [0.25, 0.3) is 0 Å². The highest BCUT2D eigenvalue weighted by Gasteiger charge is 2.72. The molecule has 9 nitrogen and oxygen atoms in total. The van der Waals surface area contributed by atoms with Crippen molar-refractivity contribution in [2.45, 2.75) is 94.9 Å². The van der Waals surface area contributed by atoms with Crippen LogP contribution in [0.15, 0.2) is 24.0 Å². The minimum absolute atomic E-state index is 0.0521. The average Bonchev–Trinajstić information content (AvgIpc) is 3.23. The van der Waals surface area contributed by atoms with Gasteiger partial charge in [-0.25, -0.2) is 0 Å². The van der Waals surface area contributed by atoms with Gasteiger partial charge in [-0.2, -0.15) is 0 Å². The zero-order chi connectivity index (χ0) is 28.1. The zero-order valence-electron chi connectivity index (χ0n) is 23.5. The van der Waals surface area contributed by atoms with E-state index < -0.39 is 29.1 Å². The molecule has 1 aromatic carbocycles. The fourth-order valence-electron chi connectivity index (χ4n) is 7.23. The molecule has 0 saturated carbocycles. The topological polar surface area (TPSA) is 114 Å². The lowest BCUT2D eigenvalue weighted by Crippen LogP contribution is -2.74. The highest BCUT2D eigenvalue weighted by molar-refractivity contribution is 5.87. The van der Waals surface area contributed by atoms with Crippen LogP contribution < -0.4 is 14.8 Å². The number of nitrogens with one attached hydrogen (secondary N) is 1. The second-order valence-corrected chi connectivity index (χ2v) is 12.0. The van der Waals surface area contributed by atoms with E-state index in [1.54, 1.807) is 13.2 Å². The van der Waals surface area contributed by atoms with Gasteiger partial charge in [0.05, 0.1) is 24.2 Å². The standard InChI is InChI=1S/C30H40N2O7/c1-17(2)15-20(18(3)33)31-24(34)7-6-8-25(35)38-22-11-12-30(36)23-16-19-9-10-21(37-5)27-26(19)29(30,28(22)39-27)13-14-32(23)4/h9-11,17,20,23,28,36H,6-8,12-16H2,1-5H3,(H,31,34)/t20-,23+,28-,29-,30+/m0/s1. The molecule has 9 heteroatoms. The number of Topliss-reactive ketones (excluding diaryl/α,β-unsaturated/α-hetero) is 1. The molecule has 0 unspecified atom stereocenters. The number of nitrogens with zero attached hydrogens (tertiary/aromatic N) is 1. The number of benzene rings is 1. The zero-order valence-corrected chi connectivity index (χ0v) is 23.5. The number of methoxy groups -OCH3 is 1. The van der Waals surface area contributed by atoms with Crippen molar-refractivity contribution in [3.8, 4) is 11.5 Å². The first-order valence-corrected chi connectivity index (χ1v) is 14.0. The SMILES string of the molecule is COc1ccc2c3c1O[C@H]1C(OC(=O)CCCC(=O)N[C@@H](CC(C)C)C(C)=O)=CC[C@@]4(O)[C@@H](C2)N(C)CC[C@]314. The number of ketones is 1. The van der Waals surface area contributed by atoms with Crippen molar-refractivity contribution in [3.05, 3.63) is 35.1 Å². The lowest BCUT2D eigenvalue weighted by atomic mass is 9.50. The number of piperidine rings is 1. The van der Waals surface area contributed by atoms with Gasteiger partial charge in [-0.3, -0.25) is 14.4 Å². The summed E-state index contributed by atoms with van der Waals surface area (Å²) in [6.45, 7) is 6.27. The highest BCUT2D eigenvalue weighted by Crippen LogP contribution is 2.65. The molecule has 39 heavy (non-hydrogen) atoms. The number of hydrogen-bond donors (Lipinski definition) is 2. The van der Waals surface area contributed by atoms with Crippen LogP contribution in [0.3, 0.4) is 0 Å². The van der Waals surface area contributed by atoms with Gasteiger partial charge in [-0.05, 0) is 69.8 Å². The van der Waals surface area contributed by atoms with Crippen molar-refractivity contribution in [1.29, 1.82) is 0 Å². The number of likely N-dealkylation sites (N-methyl/N-ethyl adjacent to an activating group) is 1. The van der Waals surface area contributed by atoms with Crippen LogP contribution in [0.4, 0.5) is 0 Å². The van der Waals surface area contributed by atoms with Crippen LogP contribution in [-0.2, 0) is 31.0 Å².